The minimum Gasteiger partial charge on any atom is -0.478 e. The minimum atomic E-state index is -0.930. The van der Waals surface area contributed by atoms with E-state index in [-0.39, 0.29) is 5.92 Å². The summed E-state index contributed by atoms with van der Waals surface area (Å²) in [5.41, 5.74) is 6.72. The first-order valence-electron chi connectivity index (χ1n) is 14.6. The number of nitrogens with zero attached hydrogens (tertiary/aromatic N) is 4. The van der Waals surface area contributed by atoms with E-state index in [1.807, 2.05) is 29.9 Å². The molecule has 2 aliphatic heterocycles. The summed E-state index contributed by atoms with van der Waals surface area (Å²) in [6.07, 6.45) is 7.57. The van der Waals surface area contributed by atoms with Crippen molar-refractivity contribution in [2.75, 3.05) is 24.7 Å². The van der Waals surface area contributed by atoms with E-state index in [1.54, 1.807) is 6.07 Å². The van der Waals surface area contributed by atoms with Crippen LogP contribution in [-0.4, -0.2) is 51.3 Å². The van der Waals surface area contributed by atoms with Gasteiger partial charge >= 0.3 is 5.97 Å². The molecule has 0 spiro atoms. The van der Waals surface area contributed by atoms with Crippen molar-refractivity contribution in [3.05, 3.63) is 62.8 Å². The topological polar surface area (TPSA) is 89.7 Å². The third-order valence-corrected chi connectivity index (χ3v) is 10.9. The van der Waals surface area contributed by atoms with Gasteiger partial charge < -0.3 is 19.5 Å². The fraction of sp³-hybridized carbons (Fsp3) is 0.452. The number of anilines is 1. The van der Waals surface area contributed by atoms with Gasteiger partial charge in [-0.3, -0.25) is 4.68 Å². The van der Waals surface area contributed by atoms with Crippen molar-refractivity contribution < 1.29 is 19.4 Å². The number of hydrogen-bond donors (Lipinski definition) is 1. The number of hydrogen-bond acceptors (Lipinski definition) is 7. The lowest BCUT2D eigenvalue weighted by atomic mass is 9.91. The van der Waals surface area contributed by atoms with Gasteiger partial charge in [-0.2, -0.15) is 5.10 Å². The maximum absolute atomic E-state index is 12.8. The van der Waals surface area contributed by atoms with E-state index >= 15 is 0 Å². The predicted molar refractivity (Wildman–Crippen MR) is 163 cm³/mol. The Morgan fingerprint density at radius 3 is 2.76 bits per heavy atom. The molecule has 218 valence electrons. The molecule has 2 aromatic heterocycles. The summed E-state index contributed by atoms with van der Waals surface area (Å²) in [4.78, 5) is 19.8. The third-order valence-electron chi connectivity index (χ3n) is 9.46. The van der Waals surface area contributed by atoms with Crippen molar-refractivity contribution in [2.24, 2.45) is 5.92 Å². The van der Waals surface area contributed by atoms with Crippen LogP contribution in [0.2, 0.25) is 10.0 Å². The number of carboxylic acid groups (broad SMARTS) is 1. The highest BCUT2D eigenvalue weighted by Gasteiger charge is 2.54. The SMILES string of the molecule is O=C(O)c1cc2scnc2c([C@@H]2CCOC2)c1N1C[C@H]2CC[C@]1(OCc1c(-c3c(Cl)cccc3Cl)cnn1C1CC1)C2. The molecule has 2 saturated heterocycles. The lowest BCUT2D eigenvalue weighted by molar-refractivity contribution is -0.0475. The Kier molecular flexibility index (Phi) is 6.53. The van der Waals surface area contributed by atoms with Crippen molar-refractivity contribution in [1.82, 2.24) is 14.8 Å². The van der Waals surface area contributed by atoms with Crippen molar-refractivity contribution in [1.29, 1.82) is 0 Å². The summed E-state index contributed by atoms with van der Waals surface area (Å²) in [5, 5.41) is 16.4. The molecule has 3 atom stereocenters. The Hall–Kier alpha value is -2.69. The van der Waals surface area contributed by atoms with Crippen LogP contribution in [0.5, 0.6) is 0 Å². The highest BCUT2D eigenvalue weighted by molar-refractivity contribution is 7.16. The molecule has 0 radical (unpaired) electrons. The van der Waals surface area contributed by atoms with Crippen LogP contribution in [-0.2, 0) is 16.1 Å². The normalized spacial score (nSPS) is 25.2. The smallest absolute Gasteiger partial charge is 0.337 e. The quantitative estimate of drug-likeness (QED) is 0.216. The van der Waals surface area contributed by atoms with Gasteiger partial charge in [0.2, 0.25) is 0 Å². The molecule has 1 N–H and O–H groups in total. The molecule has 2 aliphatic carbocycles. The lowest BCUT2D eigenvalue weighted by Crippen LogP contribution is -2.48. The number of carbonyl (C=O) groups is 1. The summed E-state index contributed by atoms with van der Waals surface area (Å²) >= 11 is 14.8. The van der Waals surface area contributed by atoms with Crippen molar-refractivity contribution in [3.63, 3.8) is 0 Å². The van der Waals surface area contributed by atoms with Gasteiger partial charge in [-0.05, 0) is 62.6 Å². The van der Waals surface area contributed by atoms with E-state index in [0.29, 0.717) is 47.4 Å². The molecule has 2 bridgehead atoms. The summed E-state index contributed by atoms with van der Waals surface area (Å²) in [5.74, 6) is -0.414. The van der Waals surface area contributed by atoms with Crippen LogP contribution in [0.3, 0.4) is 0 Å². The summed E-state index contributed by atoms with van der Waals surface area (Å²) in [6, 6.07) is 7.67. The first kappa shape index (κ1) is 26.9. The molecule has 4 aromatic rings. The molecule has 2 saturated carbocycles. The van der Waals surface area contributed by atoms with E-state index < -0.39 is 11.7 Å². The van der Waals surface area contributed by atoms with Gasteiger partial charge in [-0.15, -0.1) is 11.3 Å². The molecule has 42 heavy (non-hydrogen) atoms. The standard InChI is InChI=1S/C31H30Cl2N4O4S/c32-22-2-1-3-23(33)27(22)21-12-35-37(19-4-5-19)24(21)15-41-31-8-6-17(11-31)13-36(31)29-20(30(38)39)10-25-28(34-16-42-25)26(29)18-7-9-40-14-18/h1-3,10,12,16-19H,4-9,11,13-15H2,(H,38,39)/t17-,18+,31-/m0/s1. The fourth-order valence-corrected chi connectivity index (χ4v) is 8.70. The summed E-state index contributed by atoms with van der Waals surface area (Å²) in [7, 11) is 0. The maximum Gasteiger partial charge on any atom is 0.337 e. The summed E-state index contributed by atoms with van der Waals surface area (Å²) < 4.78 is 15.8. The molecule has 8 rings (SSSR count). The minimum absolute atomic E-state index is 0.0883. The molecule has 0 unspecified atom stereocenters. The van der Waals surface area contributed by atoms with Crippen molar-refractivity contribution in [2.45, 2.75) is 62.8 Å². The fourth-order valence-electron chi connectivity index (χ4n) is 7.37. The average Bonchev–Trinajstić information content (AvgIpc) is 3.49. The zero-order chi connectivity index (χ0) is 28.6. The van der Waals surface area contributed by atoms with E-state index in [1.165, 1.54) is 11.3 Å². The van der Waals surface area contributed by atoms with Crippen LogP contribution >= 0.6 is 34.5 Å². The highest BCUT2D eigenvalue weighted by Crippen LogP contribution is 2.54. The first-order chi connectivity index (χ1) is 20.4. The number of benzene rings is 2. The first-order valence-corrected chi connectivity index (χ1v) is 16.2. The van der Waals surface area contributed by atoms with Crippen molar-refractivity contribution >= 4 is 56.4 Å². The maximum atomic E-state index is 12.8. The molecule has 2 aromatic carbocycles. The monoisotopic (exact) mass is 624 g/mol. The Balaban J connectivity index is 1.22. The number of aromatic nitrogens is 3. The lowest BCUT2D eigenvalue weighted by Gasteiger charge is -2.42. The van der Waals surface area contributed by atoms with Crippen LogP contribution in [0.15, 0.2) is 36.0 Å². The van der Waals surface area contributed by atoms with Crippen molar-refractivity contribution in [3.8, 4) is 11.1 Å². The van der Waals surface area contributed by atoms with E-state index in [0.717, 1.165) is 83.4 Å². The van der Waals surface area contributed by atoms with Crippen LogP contribution in [0.4, 0.5) is 5.69 Å². The van der Waals surface area contributed by atoms with E-state index in [9.17, 15) is 9.90 Å². The molecular weight excluding hydrogens is 595 g/mol. The second-order valence-electron chi connectivity index (χ2n) is 12.0. The number of aromatic carboxylic acids is 1. The Morgan fingerprint density at radius 1 is 1.21 bits per heavy atom. The van der Waals surface area contributed by atoms with Gasteiger partial charge in [0.25, 0.3) is 0 Å². The largest absolute Gasteiger partial charge is 0.478 e. The van der Waals surface area contributed by atoms with Crippen LogP contribution in [0.25, 0.3) is 21.3 Å². The number of carboxylic acids is 1. The average molecular weight is 626 g/mol. The Morgan fingerprint density at radius 2 is 2.05 bits per heavy atom. The molecule has 0 amide bonds. The molecule has 4 fully saturated rings. The van der Waals surface area contributed by atoms with Gasteiger partial charge in [-0.25, -0.2) is 9.78 Å². The number of rotatable bonds is 8. The van der Waals surface area contributed by atoms with Gasteiger partial charge in [0.05, 0.1) is 68.2 Å². The van der Waals surface area contributed by atoms with Crippen LogP contribution in [0, 0.1) is 5.92 Å². The van der Waals surface area contributed by atoms with Gasteiger partial charge in [0.15, 0.2) is 0 Å². The number of ether oxygens (including phenoxy) is 2. The second-order valence-corrected chi connectivity index (χ2v) is 13.7. The molecule has 4 aliphatic rings. The summed E-state index contributed by atoms with van der Waals surface area (Å²) in [6.45, 7) is 2.30. The number of thiazole rings is 1. The van der Waals surface area contributed by atoms with E-state index in [2.05, 4.69) is 9.58 Å². The zero-order valence-electron chi connectivity index (χ0n) is 22.9. The van der Waals surface area contributed by atoms with Crippen LogP contribution < -0.4 is 4.90 Å². The Labute approximate surface area is 257 Å². The van der Waals surface area contributed by atoms with Crippen LogP contribution in [0.1, 0.15) is 72.1 Å². The predicted octanol–water partition coefficient (Wildman–Crippen LogP) is 7.54. The molecule has 11 heteroatoms. The number of halogens is 2. The number of piperidine rings is 1. The zero-order valence-corrected chi connectivity index (χ0v) is 25.2. The molecule has 4 heterocycles. The molecule has 8 nitrogen and oxygen atoms in total. The van der Waals surface area contributed by atoms with Gasteiger partial charge in [0, 0.05) is 35.8 Å². The van der Waals surface area contributed by atoms with Gasteiger partial charge in [-0.1, -0.05) is 29.3 Å². The Bertz CT molecular complexity index is 1690. The van der Waals surface area contributed by atoms with E-state index in [4.69, 9.17) is 42.8 Å². The second kappa shape index (κ2) is 10.2. The molecular formula is C31H30Cl2N4O4S. The number of fused-ring (bicyclic) bond motifs is 3. The third kappa shape index (κ3) is 4.27. The highest BCUT2D eigenvalue weighted by atomic mass is 35.5. The van der Waals surface area contributed by atoms with Gasteiger partial charge in [0.1, 0.15) is 5.72 Å².